The van der Waals surface area contributed by atoms with E-state index in [0.29, 0.717) is 6.54 Å². The van der Waals surface area contributed by atoms with Gasteiger partial charge < -0.3 is 10.2 Å². The summed E-state index contributed by atoms with van der Waals surface area (Å²) in [7, 11) is 1.85. The van der Waals surface area contributed by atoms with Gasteiger partial charge in [-0.15, -0.1) is 0 Å². The van der Waals surface area contributed by atoms with E-state index in [-0.39, 0.29) is 13.0 Å². The van der Waals surface area contributed by atoms with Gasteiger partial charge in [-0.2, -0.15) is 13.2 Å². The second-order valence-corrected chi connectivity index (χ2v) is 4.48. The molecule has 0 aromatic carbocycles. The molecule has 0 saturated carbocycles. The lowest BCUT2D eigenvalue weighted by Gasteiger charge is -2.28. The summed E-state index contributed by atoms with van der Waals surface area (Å²) in [5, 5.41) is 3.02. The second-order valence-electron chi connectivity index (χ2n) is 4.48. The number of aromatic nitrogens is 1. The fourth-order valence-electron chi connectivity index (χ4n) is 2.05. The first-order valence-corrected chi connectivity index (χ1v) is 6.11. The van der Waals surface area contributed by atoms with E-state index >= 15 is 0 Å². The van der Waals surface area contributed by atoms with Gasteiger partial charge in [-0.1, -0.05) is 12.1 Å². The summed E-state index contributed by atoms with van der Waals surface area (Å²) in [4.78, 5) is 6.13. The van der Waals surface area contributed by atoms with Gasteiger partial charge in [0.1, 0.15) is 5.82 Å². The number of nitrogens with zero attached hydrogens (tertiary/aromatic N) is 2. The van der Waals surface area contributed by atoms with Crippen molar-refractivity contribution in [1.29, 1.82) is 0 Å². The van der Waals surface area contributed by atoms with Gasteiger partial charge in [-0.3, -0.25) is 0 Å². The smallest absolute Gasteiger partial charge is 0.353 e. The van der Waals surface area contributed by atoms with Crippen LogP contribution in [-0.4, -0.2) is 31.3 Å². The number of nitrogens with one attached hydrogen (secondary N) is 1. The Balaban J connectivity index is 2.03. The molecule has 0 aliphatic carbocycles. The van der Waals surface area contributed by atoms with Crippen molar-refractivity contribution >= 4 is 5.82 Å². The molecule has 0 bridgehead atoms. The number of alkyl halides is 3. The maximum Gasteiger partial charge on any atom is 0.412 e. The van der Waals surface area contributed by atoms with Crippen molar-refractivity contribution in [3.05, 3.63) is 35.5 Å². The molecule has 1 aromatic heterocycles. The van der Waals surface area contributed by atoms with Crippen LogP contribution in [0.25, 0.3) is 0 Å². The highest BCUT2D eigenvalue weighted by Crippen LogP contribution is 2.31. The summed E-state index contributed by atoms with van der Waals surface area (Å²) < 4.78 is 37.5. The molecule has 0 radical (unpaired) electrons. The van der Waals surface area contributed by atoms with Crippen LogP contribution >= 0.6 is 0 Å². The van der Waals surface area contributed by atoms with Gasteiger partial charge in [0.15, 0.2) is 0 Å². The maximum absolute atomic E-state index is 12.5. The van der Waals surface area contributed by atoms with E-state index in [2.05, 4.69) is 10.3 Å². The predicted molar refractivity (Wildman–Crippen MR) is 68.0 cm³/mol. The van der Waals surface area contributed by atoms with Crippen molar-refractivity contribution in [2.75, 3.05) is 25.0 Å². The molecule has 1 aromatic rings. The van der Waals surface area contributed by atoms with E-state index in [4.69, 9.17) is 0 Å². The van der Waals surface area contributed by atoms with Crippen LogP contribution < -0.4 is 10.2 Å². The third-order valence-corrected chi connectivity index (χ3v) is 3.09. The molecule has 0 atom stereocenters. The number of halogens is 3. The Kier molecular flexibility index (Phi) is 4.09. The zero-order chi connectivity index (χ0) is 13.9. The monoisotopic (exact) mass is 271 g/mol. The Hall–Kier alpha value is -1.56. The molecule has 6 heteroatoms. The van der Waals surface area contributed by atoms with E-state index in [1.54, 1.807) is 6.20 Å². The van der Waals surface area contributed by atoms with Gasteiger partial charge in [-0.25, -0.2) is 4.98 Å². The first-order valence-electron chi connectivity index (χ1n) is 6.11. The lowest BCUT2D eigenvalue weighted by atomic mass is 10.1. The highest BCUT2D eigenvalue weighted by atomic mass is 19.4. The van der Waals surface area contributed by atoms with Crippen LogP contribution in [0, 0.1) is 0 Å². The maximum atomic E-state index is 12.5. The van der Waals surface area contributed by atoms with Crippen LogP contribution in [0.5, 0.6) is 0 Å². The van der Waals surface area contributed by atoms with E-state index in [1.807, 2.05) is 24.1 Å². The number of anilines is 1. The zero-order valence-corrected chi connectivity index (χ0v) is 10.7. The largest absolute Gasteiger partial charge is 0.412 e. The molecule has 2 rings (SSSR count). The van der Waals surface area contributed by atoms with Crippen LogP contribution in [0.3, 0.4) is 0 Å². The zero-order valence-electron chi connectivity index (χ0n) is 10.7. The molecule has 1 N–H and O–H groups in total. The fraction of sp³-hybridized carbons (Fsp3) is 0.462. The van der Waals surface area contributed by atoms with E-state index in [1.165, 1.54) is 6.08 Å². The lowest BCUT2D eigenvalue weighted by Crippen LogP contribution is -2.32. The highest BCUT2D eigenvalue weighted by Gasteiger charge is 2.34. The molecule has 0 spiro atoms. The molecule has 0 amide bonds. The molecule has 0 unspecified atom stereocenters. The Morgan fingerprint density at radius 2 is 2.16 bits per heavy atom. The first kappa shape index (κ1) is 13.9. The van der Waals surface area contributed by atoms with E-state index in [9.17, 15) is 13.2 Å². The number of rotatable bonds is 3. The number of pyridine rings is 1. The van der Waals surface area contributed by atoms with Crippen LogP contribution in [-0.2, 0) is 6.54 Å². The van der Waals surface area contributed by atoms with Crippen molar-refractivity contribution in [3.8, 4) is 0 Å². The SMILES string of the molecule is CNCc1ccc(N2CC=C(C(F)(F)F)CC2)nc1. The average molecular weight is 271 g/mol. The normalized spacial score (nSPS) is 16.4. The Morgan fingerprint density at radius 1 is 1.37 bits per heavy atom. The van der Waals surface area contributed by atoms with Gasteiger partial charge in [0.2, 0.25) is 0 Å². The molecule has 1 aliphatic rings. The molecular weight excluding hydrogens is 255 g/mol. The summed E-state index contributed by atoms with van der Waals surface area (Å²) >= 11 is 0. The molecule has 19 heavy (non-hydrogen) atoms. The van der Waals surface area contributed by atoms with Gasteiger partial charge in [0, 0.05) is 31.4 Å². The van der Waals surface area contributed by atoms with Gasteiger partial charge in [0.05, 0.1) is 0 Å². The van der Waals surface area contributed by atoms with Crippen molar-refractivity contribution in [1.82, 2.24) is 10.3 Å². The molecule has 0 saturated heterocycles. The Morgan fingerprint density at radius 3 is 2.63 bits per heavy atom. The van der Waals surface area contributed by atoms with Crippen LogP contribution in [0.4, 0.5) is 19.0 Å². The average Bonchev–Trinajstić information content (AvgIpc) is 2.39. The summed E-state index contributed by atoms with van der Waals surface area (Å²) in [6.45, 7) is 1.34. The van der Waals surface area contributed by atoms with Crippen molar-refractivity contribution < 1.29 is 13.2 Å². The number of hydrogen-bond acceptors (Lipinski definition) is 3. The standard InChI is InChI=1S/C13H16F3N3/c1-17-8-10-2-3-12(18-9-10)19-6-4-11(5-7-19)13(14,15)16/h2-4,9,17H,5-8H2,1H3. The molecule has 1 aliphatic heterocycles. The Bertz CT molecular complexity index is 451. The van der Waals surface area contributed by atoms with Crippen LogP contribution in [0.2, 0.25) is 0 Å². The predicted octanol–water partition coefficient (Wildman–Crippen LogP) is 2.50. The molecule has 104 valence electrons. The second kappa shape index (κ2) is 5.61. The fourth-order valence-corrected chi connectivity index (χ4v) is 2.05. The minimum atomic E-state index is -4.20. The first-order chi connectivity index (χ1) is 9.00. The van der Waals surface area contributed by atoms with E-state index in [0.717, 1.165) is 17.9 Å². The minimum Gasteiger partial charge on any atom is -0.353 e. The molecule has 3 nitrogen and oxygen atoms in total. The van der Waals surface area contributed by atoms with Crippen molar-refractivity contribution in [3.63, 3.8) is 0 Å². The van der Waals surface area contributed by atoms with Crippen molar-refractivity contribution in [2.45, 2.75) is 19.1 Å². The molecule has 2 heterocycles. The third-order valence-electron chi connectivity index (χ3n) is 3.09. The summed E-state index contributed by atoms with van der Waals surface area (Å²) in [6.07, 6.45) is -1.19. The van der Waals surface area contributed by atoms with Gasteiger partial charge in [-0.05, 0) is 25.1 Å². The molecule has 0 fully saturated rings. The van der Waals surface area contributed by atoms with Crippen LogP contribution in [0.1, 0.15) is 12.0 Å². The minimum absolute atomic E-state index is 0.0173. The van der Waals surface area contributed by atoms with E-state index < -0.39 is 11.7 Å². The van der Waals surface area contributed by atoms with Gasteiger partial charge >= 0.3 is 6.18 Å². The number of hydrogen-bond donors (Lipinski definition) is 1. The van der Waals surface area contributed by atoms with Crippen LogP contribution in [0.15, 0.2) is 30.0 Å². The topological polar surface area (TPSA) is 28.2 Å². The summed E-state index contributed by atoms with van der Waals surface area (Å²) in [5.41, 5.74) is 0.616. The Labute approximate surface area is 110 Å². The summed E-state index contributed by atoms with van der Waals surface area (Å²) in [5.74, 6) is 0.720. The molecular formula is C13H16F3N3. The lowest BCUT2D eigenvalue weighted by molar-refractivity contribution is -0.0944. The summed E-state index contributed by atoms with van der Waals surface area (Å²) in [6, 6.07) is 3.78. The third kappa shape index (κ3) is 3.47. The van der Waals surface area contributed by atoms with Gasteiger partial charge in [0.25, 0.3) is 0 Å². The highest BCUT2D eigenvalue weighted by molar-refractivity contribution is 5.42. The van der Waals surface area contributed by atoms with Crippen molar-refractivity contribution in [2.24, 2.45) is 0 Å². The quantitative estimate of drug-likeness (QED) is 0.856.